The van der Waals surface area contributed by atoms with Crippen molar-refractivity contribution in [1.82, 2.24) is 30.5 Å². The highest BCUT2D eigenvalue weighted by molar-refractivity contribution is 5.80. The number of halogens is 1. The van der Waals surface area contributed by atoms with Crippen LogP contribution in [0.4, 0.5) is 4.39 Å². The van der Waals surface area contributed by atoms with Gasteiger partial charge in [0.1, 0.15) is 18.0 Å². The van der Waals surface area contributed by atoms with Gasteiger partial charge in [-0.2, -0.15) is 0 Å². The Morgan fingerprint density at radius 2 is 2.15 bits per heavy atom. The number of benzene rings is 1. The molecule has 2 aromatic rings. The topological polar surface area (TPSA) is 75.1 Å². The van der Waals surface area contributed by atoms with Gasteiger partial charge in [0.2, 0.25) is 5.91 Å². The monoisotopic (exact) mass is 372 g/mol. The van der Waals surface area contributed by atoms with Crippen molar-refractivity contribution in [2.24, 2.45) is 18.9 Å². The third-order valence-electron chi connectivity index (χ3n) is 5.71. The molecule has 4 rings (SSSR count). The zero-order valence-electron chi connectivity index (χ0n) is 15.4. The zero-order valence-corrected chi connectivity index (χ0v) is 15.4. The molecule has 0 radical (unpaired) electrons. The summed E-state index contributed by atoms with van der Waals surface area (Å²) in [6.07, 6.45) is 4.56. The molecule has 2 saturated heterocycles. The molecule has 27 heavy (non-hydrogen) atoms. The second-order valence-electron chi connectivity index (χ2n) is 7.50. The first-order chi connectivity index (χ1) is 13.1. The summed E-state index contributed by atoms with van der Waals surface area (Å²) in [6, 6.07) is 6.26. The predicted octanol–water partition coefficient (Wildman–Crippen LogP) is 1.20. The van der Waals surface area contributed by atoms with E-state index in [0.717, 1.165) is 43.7 Å². The number of amides is 1. The number of hydrazine groups is 1. The van der Waals surface area contributed by atoms with E-state index >= 15 is 0 Å². The van der Waals surface area contributed by atoms with Gasteiger partial charge < -0.3 is 9.47 Å². The Bertz CT molecular complexity index is 801. The van der Waals surface area contributed by atoms with Crippen LogP contribution in [0.25, 0.3) is 0 Å². The average molecular weight is 372 g/mol. The van der Waals surface area contributed by atoms with Crippen molar-refractivity contribution in [3.8, 4) is 0 Å². The lowest BCUT2D eigenvalue weighted by atomic mass is 9.90. The van der Waals surface area contributed by atoms with Crippen LogP contribution in [0.5, 0.6) is 0 Å². The minimum atomic E-state index is -0.281. The maximum Gasteiger partial charge on any atom is 0.229 e. The van der Waals surface area contributed by atoms with Crippen molar-refractivity contribution in [3.63, 3.8) is 0 Å². The van der Waals surface area contributed by atoms with E-state index in [4.69, 9.17) is 0 Å². The predicted molar refractivity (Wildman–Crippen MR) is 97.8 cm³/mol. The second kappa shape index (κ2) is 7.74. The Balaban J connectivity index is 1.36. The number of hydrogen-bond donors (Lipinski definition) is 2. The van der Waals surface area contributed by atoms with Crippen LogP contribution < -0.4 is 10.9 Å². The lowest BCUT2D eigenvalue weighted by Crippen LogP contribution is -2.44. The van der Waals surface area contributed by atoms with Crippen molar-refractivity contribution in [2.75, 3.05) is 19.6 Å². The normalized spacial score (nSPS) is 23.7. The Hall–Kier alpha value is -2.32. The highest BCUT2D eigenvalue weighted by atomic mass is 19.1. The Labute approximate surface area is 157 Å². The van der Waals surface area contributed by atoms with Crippen LogP contribution >= 0.6 is 0 Å². The maximum atomic E-state index is 13.6. The highest BCUT2D eigenvalue weighted by Gasteiger charge is 2.37. The molecule has 7 nitrogen and oxygen atoms in total. The summed E-state index contributed by atoms with van der Waals surface area (Å²) in [6.45, 7) is 2.07. The maximum absolute atomic E-state index is 13.6. The van der Waals surface area contributed by atoms with E-state index in [0.29, 0.717) is 12.5 Å². The molecule has 1 aromatic carbocycles. The fourth-order valence-corrected chi connectivity index (χ4v) is 4.08. The number of hydrogen-bond acceptors (Lipinski definition) is 5. The molecule has 1 aromatic heterocycles. The molecule has 3 heterocycles. The van der Waals surface area contributed by atoms with Crippen molar-refractivity contribution in [2.45, 2.75) is 25.3 Å². The van der Waals surface area contributed by atoms with Crippen molar-refractivity contribution < 1.29 is 9.18 Å². The van der Waals surface area contributed by atoms with Gasteiger partial charge in [0.05, 0.1) is 12.0 Å². The third-order valence-corrected chi connectivity index (χ3v) is 5.71. The van der Waals surface area contributed by atoms with E-state index in [9.17, 15) is 9.18 Å². The minimum Gasteiger partial charge on any atom is -0.342 e. The number of nitrogens with one attached hydrogen (secondary N) is 2. The van der Waals surface area contributed by atoms with Gasteiger partial charge in [-0.1, -0.05) is 12.1 Å². The lowest BCUT2D eigenvalue weighted by Gasteiger charge is -2.34. The quantitative estimate of drug-likeness (QED) is 0.844. The van der Waals surface area contributed by atoms with Crippen LogP contribution in [-0.2, 0) is 18.3 Å². The highest BCUT2D eigenvalue weighted by Crippen LogP contribution is 2.29. The molecule has 0 spiro atoms. The summed E-state index contributed by atoms with van der Waals surface area (Å²) in [4.78, 5) is 15.0. The van der Waals surface area contributed by atoms with E-state index in [2.05, 4.69) is 21.0 Å². The summed E-state index contributed by atoms with van der Waals surface area (Å²) in [5, 5.41) is 8.10. The summed E-state index contributed by atoms with van der Waals surface area (Å²) in [5.74, 6) is 1.16. The van der Waals surface area contributed by atoms with Gasteiger partial charge in [-0.25, -0.2) is 9.82 Å². The largest absolute Gasteiger partial charge is 0.342 e. The molecule has 8 heteroatoms. The van der Waals surface area contributed by atoms with Crippen LogP contribution in [0.3, 0.4) is 0 Å². The number of likely N-dealkylation sites (tertiary alicyclic amines) is 1. The van der Waals surface area contributed by atoms with Crippen molar-refractivity contribution >= 4 is 5.91 Å². The van der Waals surface area contributed by atoms with Gasteiger partial charge in [-0.15, -0.1) is 10.2 Å². The molecular weight excluding hydrogens is 347 g/mol. The van der Waals surface area contributed by atoms with Gasteiger partial charge in [0.15, 0.2) is 0 Å². The van der Waals surface area contributed by atoms with E-state index in [-0.39, 0.29) is 23.7 Å². The number of carbonyl (C=O) groups is 1. The molecule has 144 valence electrons. The molecule has 1 amide bonds. The fraction of sp³-hybridized carbons (Fsp3) is 0.526. The molecule has 2 aliphatic heterocycles. The van der Waals surface area contributed by atoms with Gasteiger partial charge in [0, 0.05) is 33.1 Å². The van der Waals surface area contributed by atoms with Gasteiger partial charge in [-0.05, 0) is 36.5 Å². The first-order valence-corrected chi connectivity index (χ1v) is 9.47. The Morgan fingerprint density at radius 3 is 2.85 bits per heavy atom. The SMILES string of the molecule is Cn1cnnc1CC1CCN(C(=O)C2CNNC2c2cccc(F)c2)CC1. The van der Waals surface area contributed by atoms with Crippen LogP contribution in [0.1, 0.15) is 30.3 Å². The fourth-order valence-electron chi connectivity index (χ4n) is 4.08. The zero-order chi connectivity index (χ0) is 18.8. The van der Waals surface area contributed by atoms with Gasteiger partial charge >= 0.3 is 0 Å². The van der Waals surface area contributed by atoms with E-state index in [1.807, 2.05) is 22.6 Å². The molecular formula is C19H25FN6O. The number of aryl methyl sites for hydroxylation is 1. The number of piperidine rings is 1. The van der Waals surface area contributed by atoms with Crippen LogP contribution in [0.15, 0.2) is 30.6 Å². The molecule has 0 bridgehead atoms. The molecule has 2 unspecified atom stereocenters. The molecule has 2 N–H and O–H groups in total. The molecule has 0 saturated carbocycles. The number of nitrogens with zero attached hydrogens (tertiary/aromatic N) is 4. The summed E-state index contributed by atoms with van der Waals surface area (Å²) in [5.41, 5.74) is 7.00. The minimum absolute atomic E-state index is 0.138. The van der Waals surface area contributed by atoms with Gasteiger partial charge in [0.25, 0.3) is 0 Å². The van der Waals surface area contributed by atoms with E-state index < -0.39 is 0 Å². The van der Waals surface area contributed by atoms with E-state index in [1.54, 1.807) is 12.4 Å². The van der Waals surface area contributed by atoms with Crippen molar-refractivity contribution in [3.05, 3.63) is 47.8 Å². The number of rotatable bonds is 4. The average Bonchev–Trinajstić information content (AvgIpc) is 3.31. The Morgan fingerprint density at radius 1 is 1.33 bits per heavy atom. The van der Waals surface area contributed by atoms with Crippen LogP contribution in [-0.4, -0.2) is 45.2 Å². The first-order valence-electron chi connectivity index (χ1n) is 9.47. The second-order valence-corrected chi connectivity index (χ2v) is 7.50. The molecule has 2 aliphatic rings. The van der Waals surface area contributed by atoms with Crippen molar-refractivity contribution in [1.29, 1.82) is 0 Å². The standard InChI is InChI=1S/C19H25FN6O/c1-25-12-22-23-17(25)9-13-5-7-26(8-6-13)19(27)16-11-21-24-18(16)14-3-2-4-15(20)10-14/h2-4,10,12-13,16,18,21,24H,5-9,11H2,1H3. The lowest BCUT2D eigenvalue weighted by molar-refractivity contribution is -0.136. The Kier molecular flexibility index (Phi) is 5.18. The molecule has 2 fully saturated rings. The van der Waals surface area contributed by atoms with E-state index in [1.165, 1.54) is 12.1 Å². The smallest absolute Gasteiger partial charge is 0.229 e. The number of carbonyl (C=O) groups excluding carboxylic acids is 1. The van der Waals surface area contributed by atoms with Gasteiger partial charge in [-0.3, -0.25) is 10.2 Å². The summed E-state index contributed by atoms with van der Waals surface area (Å²) >= 11 is 0. The third kappa shape index (κ3) is 3.86. The molecule has 2 atom stereocenters. The van der Waals surface area contributed by atoms with Crippen LogP contribution in [0, 0.1) is 17.7 Å². The molecule has 0 aliphatic carbocycles. The summed E-state index contributed by atoms with van der Waals surface area (Å²) in [7, 11) is 1.96. The summed E-state index contributed by atoms with van der Waals surface area (Å²) < 4.78 is 15.5. The first kappa shape index (κ1) is 18.1. The van der Waals surface area contributed by atoms with Crippen LogP contribution in [0.2, 0.25) is 0 Å². The number of aromatic nitrogens is 3.